The summed E-state index contributed by atoms with van der Waals surface area (Å²) < 4.78 is 0. The first-order valence-electron chi connectivity index (χ1n) is 6.73. The predicted molar refractivity (Wildman–Crippen MR) is 81.6 cm³/mol. The van der Waals surface area contributed by atoms with Gasteiger partial charge in [0.25, 0.3) is 0 Å². The SMILES string of the molecule is CC1CN(c2ccc(C(C)(C)C)cn2)CCC1Br. The molecule has 0 N–H and O–H groups in total. The first-order valence-corrected chi connectivity index (χ1v) is 7.65. The van der Waals surface area contributed by atoms with Crippen molar-refractivity contribution in [2.24, 2.45) is 5.92 Å². The van der Waals surface area contributed by atoms with Gasteiger partial charge in [0.2, 0.25) is 0 Å². The van der Waals surface area contributed by atoms with Crippen LogP contribution in [0.4, 0.5) is 5.82 Å². The molecule has 2 unspecified atom stereocenters. The zero-order valence-electron chi connectivity index (χ0n) is 11.8. The maximum absolute atomic E-state index is 4.64. The molecule has 2 heterocycles. The minimum Gasteiger partial charge on any atom is -0.356 e. The summed E-state index contributed by atoms with van der Waals surface area (Å²) in [5, 5.41) is 0. The molecule has 0 spiro atoms. The number of pyridine rings is 1. The lowest BCUT2D eigenvalue weighted by atomic mass is 9.88. The Balaban J connectivity index is 2.11. The van der Waals surface area contributed by atoms with E-state index in [1.54, 1.807) is 0 Å². The van der Waals surface area contributed by atoms with Crippen LogP contribution in [0, 0.1) is 5.92 Å². The van der Waals surface area contributed by atoms with Gasteiger partial charge in [-0.2, -0.15) is 0 Å². The van der Waals surface area contributed by atoms with Crippen molar-refractivity contribution in [2.45, 2.75) is 44.4 Å². The van der Waals surface area contributed by atoms with E-state index in [1.807, 2.05) is 6.20 Å². The molecule has 2 nitrogen and oxygen atoms in total. The molecule has 3 heteroatoms. The Morgan fingerprint density at radius 2 is 2.06 bits per heavy atom. The molecule has 1 fully saturated rings. The highest BCUT2D eigenvalue weighted by Gasteiger charge is 2.24. The lowest BCUT2D eigenvalue weighted by molar-refractivity contribution is 0.463. The largest absolute Gasteiger partial charge is 0.356 e. The maximum Gasteiger partial charge on any atom is 0.128 e. The van der Waals surface area contributed by atoms with Crippen molar-refractivity contribution in [2.75, 3.05) is 18.0 Å². The summed E-state index contributed by atoms with van der Waals surface area (Å²) in [6.07, 6.45) is 3.23. The molecule has 1 aromatic rings. The molecule has 2 atom stereocenters. The Kier molecular flexibility index (Phi) is 4.00. The number of anilines is 1. The number of hydrogen-bond acceptors (Lipinski definition) is 2. The molecule has 0 saturated carbocycles. The first-order chi connectivity index (χ1) is 8.38. The molecule has 1 aliphatic heterocycles. The second kappa shape index (κ2) is 5.20. The summed E-state index contributed by atoms with van der Waals surface area (Å²) >= 11 is 3.74. The van der Waals surface area contributed by atoms with Gasteiger partial charge < -0.3 is 4.90 Å². The molecule has 1 aliphatic rings. The van der Waals surface area contributed by atoms with Gasteiger partial charge in [0.1, 0.15) is 5.82 Å². The van der Waals surface area contributed by atoms with E-state index < -0.39 is 0 Å². The van der Waals surface area contributed by atoms with Gasteiger partial charge in [0.15, 0.2) is 0 Å². The van der Waals surface area contributed by atoms with Crippen LogP contribution in [0.2, 0.25) is 0 Å². The molecule has 0 aromatic carbocycles. The minimum atomic E-state index is 0.182. The summed E-state index contributed by atoms with van der Waals surface area (Å²) in [5.74, 6) is 1.80. The molecular formula is C15H23BrN2. The van der Waals surface area contributed by atoms with E-state index in [9.17, 15) is 0 Å². The minimum absolute atomic E-state index is 0.182. The second-order valence-corrected chi connectivity index (χ2v) is 7.56. The smallest absolute Gasteiger partial charge is 0.128 e. The second-order valence-electron chi connectivity index (χ2n) is 6.38. The zero-order chi connectivity index (χ0) is 13.3. The van der Waals surface area contributed by atoms with E-state index >= 15 is 0 Å². The number of rotatable bonds is 1. The summed E-state index contributed by atoms with van der Waals surface area (Å²) in [7, 11) is 0. The Hall–Kier alpha value is -0.570. The molecule has 0 aliphatic carbocycles. The van der Waals surface area contributed by atoms with Gasteiger partial charge in [0.05, 0.1) is 0 Å². The number of aromatic nitrogens is 1. The van der Waals surface area contributed by atoms with E-state index in [1.165, 1.54) is 12.0 Å². The van der Waals surface area contributed by atoms with E-state index in [2.05, 4.69) is 65.6 Å². The van der Waals surface area contributed by atoms with Crippen LogP contribution in [-0.2, 0) is 5.41 Å². The average molecular weight is 311 g/mol. The van der Waals surface area contributed by atoms with Crippen LogP contribution in [0.3, 0.4) is 0 Å². The third kappa shape index (κ3) is 3.05. The van der Waals surface area contributed by atoms with Crippen LogP contribution < -0.4 is 4.90 Å². The van der Waals surface area contributed by atoms with Crippen molar-refractivity contribution in [3.8, 4) is 0 Å². The highest BCUT2D eigenvalue weighted by molar-refractivity contribution is 9.09. The first kappa shape index (κ1) is 13.9. The lowest BCUT2D eigenvalue weighted by Gasteiger charge is -2.35. The van der Waals surface area contributed by atoms with Crippen molar-refractivity contribution in [1.29, 1.82) is 0 Å². The topological polar surface area (TPSA) is 16.1 Å². The summed E-state index contributed by atoms with van der Waals surface area (Å²) in [5.41, 5.74) is 1.48. The van der Waals surface area contributed by atoms with Crippen LogP contribution in [0.15, 0.2) is 18.3 Å². The predicted octanol–water partition coefficient (Wildman–Crippen LogP) is 3.99. The molecule has 0 radical (unpaired) electrons. The van der Waals surface area contributed by atoms with Gasteiger partial charge in [0, 0.05) is 24.1 Å². The number of nitrogens with zero attached hydrogens (tertiary/aromatic N) is 2. The molecule has 0 amide bonds. The number of alkyl halides is 1. The van der Waals surface area contributed by atoms with Crippen molar-refractivity contribution in [3.63, 3.8) is 0 Å². The van der Waals surface area contributed by atoms with Gasteiger partial charge in [-0.15, -0.1) is 0 Å². The van der Waals surface area contributed by atoms with Crippen LogP contribution in [0.25, 0.3) is 0 Å². The highest BCUT2D eigenvalue weighted by Crippen LogP contribution is 2.28. The molecule has 1 aromatic heterocycles. The summed E-state index contributed by atoms with van der Waals surface area (Å²) in [6, 6.07) is 4.38. The highest BCUT2D eigenvalue weighted by atomic mass is 79.9. The average Bonchev–Trinajstić information content (AvgIpc) is 2.32. The normalized spacial score (nSPS) is 25.3. The van der Waals surface area contributed by atoms with Crippen molar-refractivity contribution in [1.82, 2.24) is 4.98 Å². The Bertz CT molecular complexity index is 394. The van der Waals surface area contributed by atoms with Crippen LogP contribution in [-0.4, -0.2) is 22.9 Å². The molecule has 100 valence electrons. The van der Waals surface area contributed by atoms with Crippen molar-refractivity contribution in [3.05, 3.63) is 23.9 Å². The Morgan fingerprint density at radius 1 is 1.33 bits per heavy atom. The number of hydrogen-bond donors (Lipinski definition) is 0. The zero-order valence-corrected chi connectivity index (χ0v) is 13.4. The van der Waals surface area contributed by atoms with E-state index in [0.29, 0.717) is 10.7 Å². The van der Waals surface area contributed by atoms with E-state index in [-0.39, 0.29) is 5.41 Å². The van der Waals surface area contributed by atoms with Gasteiger partial charge in [-0.3, -0.25) is 0 Å². The molecule has 18 heavy (non-hydrogen) atoms. The van der Waals surface area contributed by atoms with Crippen molar-refractivity contribution < 1.29 is 0 Å². The lowest BCUT2D eigenvalue weighted by Crippen LogP contribution is -2.40. The third-order valence-corrected chi connectivity index (χ3v) is 5.10. The molecule has 2 rings (SSSR count). The third-order valence-electron chi connectivity index (χ3n) is 3.74. The van der Waals surface area contributed by atoms with E-state index in [4.69, 9.17) is 0 Å². The Labute approximate surface area is 119 Å². The monoisotopic (exact) mass is 310 g/mol. The van der Waals surface area contributed by atoms with Crippen LogP contribution >= 0.6 is 15.9 Å². The fourth-order valence-electron chi connectivity index (χ4n) is 2.34. The van der Waals surface area contributed by atoms with Crippen LogP contribution in [0.5, 0.6) is 0 Å². The van der Waals surface area contributed by atoms with E-state index in [0.717, 1.165) is 18.9 Å². The standard InChI is InChI=1S/C15H23BrN2/c1-11-10-18(8-7-13(11)16)14-6-5-12(9-17-14)15(2,3)4/h5-6,9,11,13H,7-8,10H2,1-4H3. The fraction of sp³-hybridized carbons (Fsp3) is 0.667. The molecular weight excluding hydrogens is 288 g/mol. The van der Waals surface area contributed by atoms with Gasteiger partial charge in [-0.05, 0) is 29.4 Å². The molecule has 1 saturated heterocycles. The quantitative estimate of drug-likeness (QED) is 0.729. The fourth-order valence-corrected chi connectivity index (χ4v) is 2.71. The van der Waals surface area contributed by atoms with Gasteiger partial charge >= 0.3 is 0 Å². The summed E-state index contributed by atoms with van der Waals surface area (Å²) in [6.45, 7) is 11.2. The Morgan fingerprint density at radius 3 is 2.56 bits per heavy atom. The summed E-state index contributed by atoms with van der Waals surface area (Å²) in [4.78, 5) is 7.69. The van der Waals surface area contributed by atoms with Gasteiger partial charge in [-0.25, -0.2) is 4.98 Å². The maximum atomic E-state index is 4.64. The van der Waals surface area contributed by atoms with Crippen molar-refractivity contribution >= 4 is 21.7 Å². The number of halogens is 1. The number of piperidine rings is 1. The van der Waals surface area contributed by atoms with Gasteiger partial charge in [-0.1, -0.05) is 49.7 Å². The molecule has 0 bridgehead atoms. The van der Waals surface area contributed by atoms with Crippen LogP contribution in [0.1, 0.15) is 39.7 Å².